The summed E-state index contributed by atoms with van der Waals surface area (Å²) in [6.45, 7) is 5.25. The Bertz CT molecular complexity index is 401. The molecule has 1 saturated heterocycles. The van der Waals surface area contributed by atoms with Crippen LogP contribution in [0.1, 0.15) is 43.7 Å². The summed E-state index contributed by atoms with van der Waals surface area (Å²) in [5.41, 5.74) is 1.22. The first-order chi connectivity index (χ1) is 8.28. The van der Waals surface area contributed by atoms with Gasteiger partial charge < -0.3 is 9.67 Å². The molecule has 17 heavy (non-hydrogen) atoms. The SMILES string of the molecule is CCN1CCCC1c1cn2c(n1)CCC(O)C2. The zero-order chi connectivity index (χ0) is 11.8. The van der Waals surface area contributed by atoms with Crippen LogP contribution < -0.4 is 0 Å². The summed E-state index contributed by atoms with van der Waals surface area (Å²) < 4.78 is 2.15. The van der Waals surface area contributed by atoms with Crippen molar-refractivity contribution in [1.82, 2.24) is 14.5 Å². The lowest BCUT2D eigenvalue weighted by Crippen LogP contribution is -2.23. The van der Waals surface area contributed by atoms with Gasteiger partial charge in [0.25, 0.3) is 0 Å². The fourth-order valence-electron chi connectivity index (χ4n) is 3.15. The summed E-state index contributed by atoms with van der Waals surface area (Å²) in [5, 5.41) is 9.67. The average molecular weight is 235 g/mol. The van der Waals surface area contributed by atoms with Crippen LogP contribution in [0.25, 0.3) is 0 Å². The molecule has 0 aromatic carbocycles. The first-order valence-corrected chi connectivity index (χ1v) is 6.76. The lowest BCUT2D eigenvalue weighted by Gasteiger charge is -2.20. The van der Waals surface area contributed by atoms with E-state index in [1.54, 1.807) is 0 Å². The predicted molar refractivity (Wildman–Crippen MR) is 65.8 cm³/mol. The van der Waals surface area contributed by atoms with E-state index in [0.29, 0.717) is 6.04 Å². The van der Waals surface area contributed by atoms with E-state index >= 15 is 0 Å². The summed E-state index contributed by atoms with van der Waals surface area (Å²) in [5.74, 6) is 1.16. The van der Waals surface area contributed by atoms with Gasteiger partial charge in [-0.1, -0.05) is 6.92 Å². The monoisotopic (exact) mass is 235 g/mol. The van der Waals surface area contributed by atoms with Gasteiger partial charge in [-0.3, -0.25) is 4.90 Å². The normalized spacial score (nSPS) is 29.5. The minimum atomic E-state index is -0.185. The minimum absolute atomic E-state index is 0.185. The molecule has 0 aliphatic carbocycles. The summed E-state index contributed by atoms with van der Waals surface area (Å²) in [7, 11) is 0. The second-order valence-corrected chi connectivity index (χ2v) is 5.21. The van der Waals surface area contributed by atoms with Crippen molar-refractivity contribution < 1.29 is 5.11 Å². The van der Waals surface area contributed by atoms with Crippen molar-refractivity contribution in [3.63, 3.8) is 0 Å². The van der Waals surface area contributed by atoms with Crippen LogP contribution in [0.15, 0.2) is 6.20 Å². The van der Waals surface area contributed by atoms with E-state index in [0.717, 1.165) is 31.8 Å². The van der Waals surface area contributed by atoms with Crippen molar-refractivity contribution in [1.29, 1.82) is 0 Å². The van der Waals surface area contributed by atoms with Gasteiger partial charge in [0.15, 0.2) is 0 Å². The molecule has 3 rings (SSSR count). The maximum Gasteiger partial charge on any atom is 0.109 e. The molecular formula is C13H21N3O. The van der Waals surface area contributed by atoms with Gasteiger partial charge in [0.2, 0.25) is 0 Å². The fourth-order valence-corrected chi connectivity index (χ4v) is 3.15. The third-order valence-electron chi connectivity index (χ3n) is 4.10. The third kappa shape index (κ3) is 2.00. The van der Waals surface area contributed by atoms with Crippen LogP contribution >= 0.6 is 0 Å². The summed E-state index contributed by atoms with van der Waals surface area (Å²) in [6, 6.07) is 0.509. The molecule has 4 heteroatoms. The van der Waals surface area contributed by atoms with E-state index in [4.69, 9.17) is 4.98 Å². The zero-order valence-corrected chi connectivity index (χ0v) is 10.5. The predicted octanol–water partition coefficient (Wildman–Crippen LogP) is 1.35. The van der Waals surface area contributed by atoms with Crippen LogP contribution in [0.2, 0.25) is 0 Å². The Hall–Kier alpha value is -0.870. The smallest absolute Gasteiger partial charge is 0.109 e. The number of hydrogen-bond acceptors (Lipinski definition) is 3. The molecule has 2 atom stereocenters. The number of imidazole rings is 1. The van der Waals surface area contributed by atoms with Crippen molar-refractivity contribution in [2.45, 2.75) is 51.3 Å². The first-order valence-electron chi connectivity index (χ1n) is 6.76. The van der Waals surface area contributed by atoms with E-state index in [1.165, 1.54) is 25.1 Å². The lowest BCUT2D eigenvalue weighted by molar-refractivity contribution is 0.130. The van der Waals surface area contributed by atoms with Gasteiger partial charge >= 0.3 is 0 Å². The van der Waals surface area contributed by atoms with Crippen LogP contribution in [0.3, 0.4) is 0 Å². The largest absolute Gasteiger partial charge is 0.391 e. The number of fused-ring (bicyclic) bond motifs is 1. The molecule has 0 radical (unpaired) electrons. The highest BCUT2D eigenvalue weighted by molar-refractivity contribution is 5.12. The van der Waals surface area contributed by atoms with E-state index in [1.807, 2.05) is 0 Å². The molecule has 94 valence electrons. The van der Waals surface area contributed by atoms with E-state index in [2.05, 4.69) is 22.6 Å². The number of aromatic nitrogens is 2. The van der Waals surface area contributed by atoms with Crippen molar-refractivity contribution in [3.8, 4) is 0 Å². The standard InChI is InChI=1S/C13H21N3O/c1-2-15-7-3-4-12(15)11-9-16-8-10(17)5-6-13(16)14-11/h9-10,12,17H,2-8H2,1H3. The number of aliphatic hydroxyl groups excluding tert-OH is 1. The average Bonchev–Trinajstić information content (AvgIpc) is 2.93. The van der Waals surface area contributed by atoms with E-state index < -0.39 is 0 Å². The van der Waals surface area contributed by atoms with Crippen molar-refractivity contribution >= 4 is 0 Å². The van der Waals surface area contributed by atoms with Gasteiger partial charge in [-0.15, -0.1) is 0 Å². The topological polar surface area (TPSA) is 41.3 Å². The van der Waals surface area contributed by atoms with Gasteiger partial charge in [-0.25, -0.2) is 4.98 Å². The molecular weight excluding hydrogens is 214 g/mol. The van der Waals surface area contributed by atoms with Gasteiger partial charge in [-0.05, 0) is 32.4 Å². The highest BCUT2D eigenvalue weighted by Gasteiger charge is 2.28. The maximum atomic E-state index is 9.67. The second kappa shape index (κ2) is 4.42. The van der Waals surface area contributed by atoms with Crippen LogP contribution in [0.5, 0.6) is 0 Å². The second-order valence-electron chi connectivity index (χ2n) is 5.21. The molecule has 1 N–H and O–H groups in total. The number of nitrogens with zero attached hydrogens (tertiary/aromatic N) is 3. The Kier molecular flexibility index (Phi) is 2.92. The van der Waals surface area contributed by atoms with Gasteiger partial charge in [0.1, 0.15) is 5.82 Å². The Balaban J connectivity index is 1.84. The third-order valence-corrected chi connectivity index (χ3v) is 4.10. The van der Waals surface area contributed by atoms with Gasteiger partial charge in [-0.2, -0.15) is 0 Å². The van der Waals surface area contributed by atoms with Crippen molar-refractivity contribution in [2.24, 2.45) is 0 Å². The molecule has 2 unspecified atom stereocenters. The van der Waals surface area contributed by atoms with Crippen molar-refractivity contribution in [2.75, 3.05) is 13.1 Å². The molecule has 0 spiro atoms. The molecule has 0 amide bonds. The Morgan fingerprint density at radius 1 is 1.47 bits per heavy atom. The Morgan fingerprint density at radius 3 is 3.18 bits per heavy atom. The first kappa shape index (κ1) is 11.2. The summed E-state index contributed by atoms with van der Waals surface area (Å²) in [4.78, 5) is 7.28. The van der Waals surface area contributed by atoms with Crippen molar-refractivity contribution in [3.05, 3.63) is 17.7 Å². The van der Waals surface area contributed by atoms with Crippen LogP contribution in [-0.2, 0) is 13.0 Å². The molecule has 1 aromatic rings. The molecule has 3 heterocycles. The zero-order valence-electron chi connectivity index (χ0n) is 10.5. The van der Waals surface area contributed by atoms with Gasteiger partial charge in [0, 0.05) is 19.2 Å². The maximum absolute atomic E-state index is 9.67. The Morgan fingerprint density at radius 2 is 2.35 bits per heavy atom. The molecule has 2 aliphatic heterocycles. The molecule has 0 bridgehead atoms. The molecule has 1 fully saturated rings. The number of likely N-dealkylation sites (tertiary alicyclic amines) is 1. The van der Waals surface area contributed by atoms with Gasteiger partial charge in [0.05, 0.1) is 17.8 Å². The quantitative estimate of drug-likeness (QED) is 0.841. The van der Waals surface area contributed by atoms with Crippen LogP contribution in [0, 0.1) is 0 Å². The van der Waals surface area contributed by atoms with E-state index in [9.17, 15) is 5.11 Å². The number of aliphatic hydroxyl groups is 1. The fraction of sp³-hybridized carbons (Fsp3) is 0.769. The molecule has 4 nitrogen and oxygen atoms in total. The van der Waals surface area contributed by atoms with Crippen LogP contribution in [0.4, 0.5) is 0 Å². The lowest BCUT2D eigenvalue weighted by atomic mass is 10.1. The molecule has 2 aliphatic rings. The number of hydrogen-bond donors (Lipinski definition) is 1. The summed E-state index contributed by atoms with van der Waals surface area (Å²) in [6.07, 6.45) is 6.26. The number of rotatable bonds is 2. The Labute approximate surface area is 102 Å². The van der Waals surface area contributed by atoms with Crippen LogP contribution in [-0.4, -0.2) is 38.8 Å². The molecule has 1 aromatic heterocycles. The highest BCUT2D eigenvalue weighted by atomic mass is 16.3. The molecule has 0 saturated carbocycles. The van der Waals surface area contributed by atoms with E-state index in [-0.39, 0.29) is 6.10 Å². The summed E-state index contributed by atoms with van der Waals surface area (Å²) >= 11 is 0. The number of aryl methyl sites for hydroxylation is 1. The minimum Gasteiger partial charge on any atom is -0.391 e. The highest BCUT2D eigenvalue weighted by Crippen LogP contribution is 2.31.